The van der Waals surface area contributed by atoms with E-state index < -0.39 is 0 Å². The number of ketones is 1. The molecule has 0 radical (unpaired) electrons. The van der Waals surface area contributed by atoms with E-state index in [0.29, 0.717) is 17.8 Å². The zero-order valence-electron chi connectivity index (χ0n) is 11.3. The minimum absolute atomic E-state index is 0.278. The third-order valence-electron chi connectivity index (χ3n) is 2.63. The van der Waals surface area contributed by atoms with Gasteiger partial charge in [0, 0.05) is 15.8 Å². The largest absolute Gasteiger partial charge is 0.293 e. The fourth-order valence-corrected chi connectivity index (χ4v) is 3.62. The molecule has 1 nitrogen and oxygen atoms in total. The topological polar surface area (TPSA) is 17.1 Å². The van der Waals surface area contributed by atoms with Gasteiger partial charge in [0.25, 0.3) is 0 Å². The maximum absolute atomic E-state index is 12.1. The number of aryl methyl sites for hydroxylation is 1. The van der Waals surface area contributed by atoms with Gasteiger partial charge in [-0.3, -0.25) is 4.79 Å². The molecule has 0 saturated carbocycles. The Morgan fingerprint density at radius 2 is 2.06 bits per heavy atom. The predicted molar refractivity (Wildman–Crippen MR) is 78.9 cm³/mol. The van der Waals surface area contributed by atoms with Gasteiger partial charge in [-0.05, 0) is 46.7 Å². The molecule has 3 heteroatoms. The van der Waals surface area contributed by atoms with E-state index >= 15 is 0 Å². The first-order valence-corrected chi connectivity index (χ1v) is 7.59. The highest BCUT2D eigenvalue weighted by atomic mass is 79.9. The van der Waals surface area contributed by atoms with Crippen molar-refractivity contribution in [3.63, 3.8) is 0 Å². The van der Waals surface area contributed by atoms with Gasteiger partial charge in [0.05, 0.1) is 4.88 Å². The lowest BCUT2D eigenvalue weighted by molar-refractivity contribution is 0.0958. The van der Waals surface area contributed by atoms with Gasteiger partial charge in [0.2, 0.25) is 0 Å². The van der Waals surface area contributed by atoms with Gasteiger partial charge in [-0.2, -0.15) is 0 Å². The number of Topliss-reactive ketones (excluding diaryl/α,β-unsaturated/α-hetero) is 1. The quantitative estimate of drug-likeness (QED) is 0.674. The van der Waals surface area contributed by atoms with E-state index in [9.17, 15) is 4.79 Å². The first-order chi connectivity index (χ1) is 7.69. The lowest BCUT2D eigenvalue weighted by Gasteiger charge is -2.22. The molecule has 0 aliphatic heterocycles. The normalized spacial score (nSPS) is 13.8. The van der Waals surface area contributed by atoms with Gasteiger partial charge in [-0.1, -0.05) is 27.7 Å². The Bertz CT molecular complexity index is 381. The number of rotatable bonds is 4. The Hall–Kier alpha value is -0.150. The van der Waals surface area contributed by atoms with Crippen LogP contribution in [0.5, 0.6) is 0 Å². The molecule has 0 amide bonds. The van der Waals surface area contributed by atoms with E-state index in [1.165, 1.54) is 4.88 Å². The monoisotopic (exact) mass is 316 g/mol. The van der Waals surface area contributed by atoms with Gasteiger partial charge in [0.1, 0.15) is 0 Å². The second-order valence-corrected chi connectivity index (χ2v) is 8.12. The zero-order chi connectivity index (χ0) is 13.2. The van der Waals surface area contributed by atoms with Gasteiger partial charge in [-0.25, -0.2) is 0 Å². The summed E-state index contributed by atoms with van der Waals surface area (Å²) in [6.07, 6.45) is 1.74. The lowest BCUT2D eigenvalue weighted by atomic mass is 9.83. The average Bonchev–Trinajstić information content (AvgIpc) is 2.43. The molecule has 0 N–H and O–H groups in total. The van der Waals surface area contributed by atoms with Crippen molar-refractivity contribution in [2.75, 3.05) is 0 Å². The molecule has 1 rings (SSSR count). The van der Waals surface area contributed by atoms with Crippen LogP contribution in [0.1, 0.15) is 55.1 Å². The number of thiophene rings is 1. The molecule has 0 spiro atoms. The average molecular weight is 317 g/mol. The van der Waals surface area contributed by atoms with Gasteiger partial charge in [-0.15, -0.1) is 11.3 Å². The molecule has 1 atom stereocenters. The van der Waals surface area contributed by atoms with Crippen LogP contribution < -0.4 is 0 Å². The molecule has 0 fully saturated rings. The van der Waals surface area contributed by atoms with E-state index in [-0.39, 0.29) is 5.78 Å². The van der Waals surface area contributed by atoms with Crippen LogP contribution in [0.2, 0.25) is 0 Å². The van der Waals surface area contributed by atoms with Gasteiger partial charge < -0.3 is 0 Å². The van der Waals surface area contributed by atoms with Crippen molar-refractivity contribution in [3.05, 3.63) is 20.3 Å². The molecule has 1 unspecified atom stereocenters. The Morgan fingerprint density at radius 3 is 2.47 bits per heavy atom. The molecule has 0 aromatic carbocycles. The summed E-state index contributed by atoms with van der Waals surface area (Å²) in [7, 11) is 0. The fourth-order valence-electron chi connectivity index (χ4n) is 2.13. The van der Waals surface area contributed by atoms with E-state index in [0.717, 1.165) is 15.8 Å². The highest BCUT2D eigenvalue weighted by molar-refractivity contribution is 9.10. The minimum atomic E-state index is 0.278. The number of carbonyl (C=O) groups is 1. The summed E-state index contributed by atoms with van der Waals surface area (Å²) < 4.78 is 1.05. The maximum Gasteiger partial charge on any atom is 0.173 e. The van der Waals surface area contributed by atoms with Gasteiger partial charge in [0.15, 0.2) is 5.78 Å². The van der Waals surface area contributed by atoms with Crippen LogP contribution in [0, 0.1) is 18.3 Å². The molecular weight excluding hydrogens is 296 g/mol. The Kier molecular flexibility index (Phi) is 4.96. The van der Waals surface area contributed by atoms with Crippen molar-refractivity contribution in [2.45, 2.75) is 47.5 Å². The number of hydrogen-bond donors (Lipinski definition) is 0. The van der Waals surface area contributed by atoms with E-state index in [1.807, 2.05) is 13.0 Å². The van der Waals surface area contributed by atoms with Crippen molar-refractivity contribution < 1.29 is 4.79 Å². The molecule has 0 aliphatic rings. The first-order valence-electron chi connectivity index (χ1n) is 5.98. The lowest BCUT2D eigenvalue weighted by Crippen LogP contribution is -2.14. The van der Waals surface area contributed by atoms with Crippen LogP contribution in [0.25, 0.3) is 0 Å². The maximum atomic E-state index is 12.1. The number of carbonyl (C=O) groups excluding carboxylic acids is 1. The smallest absolute Gasteiger partial charge is 0.173 e. The van der Waals surface area contributed by atoms with E-state index in [1.54, 1.807) is 11.3 Å². The van der Waals surface area contributed by atoms with Crippen molar-refractivity contribution >= 4 is 33.0 Å². The van der Waals surface area contributed by atoms with E-state index in [4.69, 9.17) is 0 Å². The third kappa shape index (κ3) is 4.92. The van der Waals surface area contributed by atoms with Crippen LogP contribution in [0.15, 0.2) is 10.5 Å². The summed E-state index contributed by atoms with van der Waals surface area (Å²) in [5, 5.41) is 0. The summed E-state index contributed by atoms with van der Waals surface area (Å²) in [4.78, 5) is 14.2. The molecular formula is C14H21BrOS. The highest BCUT2D eigenvalue weighted by Gasteiger charge is 2.19. The summed E-state index contributed by atoms with van der Waals surface area (Å²) in [5.41, 5.74) is 0.297. The third-order valence-corrected chi connectivity index (χ3v) is 4.80. The Labute approximate surface area is 117 Å². The SMILES string of the molecule is Cc1sc(C(=O)CC(C)CC(C)(C)C)cc1Br. The molecule has 0 bridgehead atoms. The van der Waals surface area contributed by atoms with Crippen LogP contribution in [0.3, 0.4) is 0 Å². The van der Waals surface area contributed by atoms with Crippen LogP contribution in [0.4, 0.5) is 0 Å². The van der Waals surface area contributed by atoms with Crippen LogP contribution in [-0.2, 0) is 0 Å². The van der Waals surface area contributed by atoms with Crippen molar-refractivity contribution in [1.29, 1.82) is 0 Å². The summed E-state index contributed by atoms with van der Waals surface area (Å²) in [5.74, 6) is 0.726. The van der Waals surface area contributed by atoms with Crippen LogP contribution >= 0.6 is 27.3 Å². The standard InChI is InChI=1S/C14H21BrOS/c1-9(8-14(3,4)5)6-12(16)13-7-11(15)10(2)17-13/h7,9H,6,8H2,1-5H3. The molecule has 1 heterocycles. The fraction of sp³-hybridized carbons (Fsp3) is 0.643. The molecule has 17 heavy (non-hydrogen) atoms. The Balaban J connectivity index is 2.61. The first kappa shape index (κ1) is 14.9. The molecule has 1 aromatic rings. The van der Waals surface area contributed by atoms with Crippen molar-refractivity contribution in [2.24, 2.45) is 11.3 Å². The van der Waals surface area contributed by atoms with Crippen molar-refractivity contribution in [1.82, 2.24) is 0 Å². The molecule has 1 aromatic heterocycles. The molecule has 0 aliphatic carbocycles. The highest BCUT2D eigenvalue weighted by Crippen LogP contribution is 2.30. The van der Waals surface area contributed by atoms with Crippen LogP contribution in [-0.4, -0.2) is 5.78 Å². The second kappa shape index (κ2) is 5.66. The second-order valence-electron chi connectivity index (χ2n) is 6.01. The zero-order valence-corrected chi connectivity index (χ0v) is 13.7. The molecule has 0 saturated heterocycles. The van der Waals surface area contributed by atoms with Gasteiger partial charge >= 0.3 is 0 Å². The number of hydrogen-bond acceptors (Lipinski definition) is 2. The summed E-state index contributed by atoms with van der Waals surface area (Å²) >= 11 is 5.04. The molecule has 96 valence electrons. The minimum Gasteiger partial charge on any atom is -0.293 e. The summed E-state index contributed by atoms with van der Waals surface area (Å²) in [6, 6.07) is 1.95. The van der Waals surface area contributed by atoms with E-state index in [2.05, 4.69) is 43.6 Å². The summed E-state index contributed by atoms with van der Waals surface area (Å²) in [6.45, 7) is 10.9. The Morgan fingerprint density at radius 1 is 1.47 bits per heavy atom. The predicted octanol–water partition coefficient (Wildman–Crippen LogP) is 5.46. The number of halogens is 1. The van der Waals surface area contributed by atoms with Crippen molar-refractivity contribution in [3.8, 4) is 0 Å².